The van der Waals surface area contributed by atoms with Crippen LogP contribution in [-0.4, -0.2) is 49.0 Å². The largest absolute Gasteiger partial charge is 0.484 e. The van der Waals surface area contributed by atoms with Crippen molar-refractivity contribution < 1.29 is 14.3 Å². The molecule has 0 radical (unpaired) electrons. The van der Waals surface area contributed by atoms with E-state index in [2.05, 4.69) is 34.3 Å². The molecular weight excluding hydrogens is 404 g/mol. The molecule has 0 fully saturated rings. The highest BCUT2D eigenvalue weighted by molar-refractivity contribution is 5.77. The molecule has 168 valence electrons. The second-order valence-electron chi connectivity index (χ2n) is 7.28. The molecule has 0 saturated heterocycles. The van der Waals surface area contributed by atoms with Gasteiger partial charge in [0.2, 0.25) is 5.88 Å². The lowest BCUT2D eigenvalue weighted by atomic mass is 10.1. The van der Waals surface area contributed by atoms with Crippen molar-refractivity contribution in [2.24, 2.45) is 0 Å². The maximum Gasteiger partial charge on any atom is 0.258 e. The molecule has 3 aromatic rings. The Kier molecular flexibility index (Phi) is 8.43. The Bertz CT molecular complexity index is 987. The van der Waals surface area contributed by atoms with Crippen LogP contribution in [0.1, 0.15) is 19.4 Å². The van der Waals surface area contributed by atoms with Gasteiger partial charge >= 0.3 is 0 Å². The normalized spacial score (nSPS) is 10.5. The number of hydrogen-bond acceptors (Lipinski definition) is 6. The Labute approximate surface area is 189 Å². The summed E-state index contributed by atoms with van der Waals surface area (Å²) >= 11 is 0. The van der Waals surface area contributed by atoms with Gasteiger partial charge in [-0.15, -0.1) is 10.2 Å². The minimum atomic E-state index is -0.206. The van der Waals surface area contributed by atoms with E-state index in [-0.39, 0.29) is 12.5 Å². The number of carbonyl (C=O) groups is 1. The number of aromatic nitrogens is 2. The second kappa shape index (κ2) is 11.7. The van der Waals surface area contributed by atoms with E-state index in [4.69, 9.17) is 9.47 Å². The van der Waals surface area contributed by atoms with E-state index < -0.39 is 0 Å². The number of nitrogens with one attached hydrogen (secondary N) is 1. The van der Waals surface area contributed by atoms with Gasteiger partial charge in [-0.1, -0.05) is 35.9 Å². The molecule has 0 aliphatic heterocycles. The van der Waals surface area contributed by atoms with Gasteiger partial charge < -0.3 is 19.7 Å². The summed E-state index contributed by atoms with van der Waals surface area (Å²) in [6.45, 7) is 8.69. The van der Waals surface area contributed by atoms with Crippen LogP contribution in [-0.2, 0) is 4.79 Å². The van der Waals surface area contributed by atoms with Gasteiger partial charge in [0.25, 0.3) is 5.91 Å². The van der Waals surface area contributed by atoms with Crippen molar-refractivity contribution in [3.63, 3.8) is 0 Å². The topological polar surface area (TPSA) is 76.6 Å². The third-order valence-electron chi connectivity index (χ3n) is 4.98. The minimum absolute atomic E-state index is 0.0489. The van der Waals surface area contributed by atoms with Crippen molar-refractivity contribution in [2.45, 2.75) is 20.8 Å². The summed E-state index contributed by atoms with van der Waals surface area (Å²) in [5.74, 6) is 0.881. The SMILES string of the molecule is CCN(CC)c1cccc(OCC(=O)NCCOc2ccc(-c3ccc(C)cc3)nn2)c1. The van der Waals surface area contributed by atoms with Crippen LogP contribution in [0.25, 0.3) is 11.3 Å². The Morgan fingerprint density at radius 2 is 1.75 bits per heavy atom. The third-order valence-corrected chi connectivity index (χ3v) is 4.98. The van der Waals surface area contributed by atoms with Gasteiger partial charge in [-0.05, 0) is 39.0 Å². The first kappa shape index (κ1) is 23.1. The van der Waals surface area contributed by atoms with E-state index in [1.807, 2.05) is 61.5 Å². The van der Waals surface area contributed by atoms with Gasteiger partial charge in [0.1, 0.15) is 12.4 Å². The zero-order chi connectivity index (χ0) is 22.8. The standard InChI is InChI=1S/C25H30N4O3/c1-4-29(5-2)21-7-6-8-22(17-21)32-18-24(30)26-15-16-31-25-14-13-23(27-28-25)20-11-9-19(3)10-12-20/h6-14,17H,4-5,15-16,18H2,1-3H3,(H,26,30). The zero-order valence-electron chi connectivity index (χ0n) is 18.9. The van der Waals surface area contributed by atoms with Crippen LogP contribution < -0.4 is 19.7 Å². The molecule has 1 heterocycles. The third kappa shape index (κ3) is 6.70. The van der Waals surface area contributed by atoms with Crippen LogP contribution in [0, 0.1) is 6.92 Å². The average molecular weight is 435 g/mol. The maximum absolute atomic E-state index is 12.1. The number of ether oxygens (including phenoxy) is 2. The highest BCUT2D eigenvalue weighted by Crippen LogP contribution is 2.21. The molecule has 0 unspecified atom stereocenters. The van der Waals surface area contributed by atoms with Crippen LogP contribution in [0.5, 0.6) is 11.6 Å². The molecule has 0 atom stereocenters. The van der Waals surface area contributed by atoms with Gasteiger partial charge in [0.05, 0.1) is 12.2 Å². The molecule has 7 heteroatoms. The molecule has 1 amide bonds. The van der Waals surface area contributed by atoms with E-state index in [9.17, 15) is 4.79 Å². The van der Waals surface area contributed by atoms with Gasteiger partial charge in [0.15, 0.2) is 6.61 Å². The summed E-state index contributed by atoms with van der Waals surface area (Å²) in [5.41, 5.74) is 4.07. The highest BCUT2D eigenvalue weighted by atomic mass is 16.5. The molecule has 3 rings (SSSR count). The monoisotopic (exact) mass is 434 g/mol. The zero-order valence-corrected chi connectivity index (χ0v) is 18.9. The summed E-state index contributed by atoms with van der Waals surface area (Å²) in [5, 5.41) is 11.1. The van der Waals surface area contributed by atoms with Gasteiger partial charge in [0, 0.05) is 36.5 Å². The summed E-state index contributed by atoms with van der Waals surface area (Å²) in [4.78, 5) is 14.3. The molecule has 0 aliphatic rings. The molecule has 32 heavy (non-hydrogen) atoms. The van der Waals surface area contributed by atoms with E-state index in [1.54, 1.807) is 6.07 Å². The van der Waals surface area contributed by atoms with Crippen LogP contribution in [0.2, 0.25) is 0 Å². The van der Waals surface area contributed by atoms with Crippen molar-refractivity contribution in [1.29, 1.82) is 0 Å². The Morgan fingerprint density at radius 3 is 2.44 bits per heavy atom. The summed E-state index contributed by atoms with van der Waals surface area (Å²) < 4.78 is 11.2. The molecule has 1 N–H and O–H groups in total. The maximum atomic E-state index is 12.1. The van der Waals surface area contributed by atoms with Gasteiger partial charge in [-0.2, -0.15) is 0 Å². The average Bonchev–Trinajstić information content (AvgIpc) is 2.82. The number of hydrogen-bond donors (Lipinski definition) is 1. The Hall–Kier alpha value is -3.61. The van der Waals surface area contributed by atoms with Crippen molar-refractivity contribution in [2.75, 3.05) is 37.7 Å². The van der Waals surface area contributed by atoms with Crippen LogP contribution >= 0.6 is 0 Å². The number of anilines is 1. The van der Waals surface area contributed by atoms with Crippen molar-refractivity contribution in [1.82, 2.24) is 15.5 Å². The Balaban J connectivity index is 1.38. The van der Waals surface area contributed by atoms with E-state index >= 15 is 0 Å². The smallest absolute Gasteiger partial charge is 0.258 e. The highest BCUT2D eigenvalue weighted by Gasteiger charge is 2.06. The molecule has 0 aliphatic carbocycles. The van der Waals surface area contributed by atoms with Crippen molar-refractivity contribution in [3.05, 3.63) is 66.2 Å². The lowest BCUT2D eigenvalue weighted by Gasteiger charge is -2.21. The second-order valence-corrected chi connectivity index (χ2v) is 7.28. The fourth-order valence-corrected chi connectivity index (χ4v) is 3.18. The molecule has 7 nitrogen and oxygen atoms in total. The first-order valence-electron chi connectivity index (χ1n) is 10.9. The molecule has 2 aromatic carbocycles. The number of nitrogens with zero attached hydrogens (tertiary/aromatic N) is 3. The van der Waals surface area contributed by atoms with Crippen molar-refractivity contribution in [3.8, 4) is 22.9 Å². The summed E-state index contributed by atoms with van der Waals surface area (Å²) in [7, 11) is 0. The van der Waals surface area contributed by atoms with E-state index in [0.29, 0.717) is 24.8 Å². The molecule has 0 saturated carbocycles. The van der Waals surface area contributed by atoms with Gasteiger partial charge in [-0.3, -0.25) is 4.79 Å². The molecule has 1 aromatic heterocycles. The number of aryl methyl sites for hydroxylation is 1. The quantitative estimate of drug-likeness (QED) is 0.462. The van der Waals surface area contributed by atoms with Crippen molar-refractivity contribution >= 4 is 11.6 Å². The lowest BCUT2D eigenvalue weighted by molar-refractivity contribution is -0.123. The van der Waals surface area contributed by atoms with Crippen LogP contribution in [0.3, 0.4) is 0 Å². The molecule has 0 bridgehead atoms. The van der Waals surface area contributed by atoms with Crippen LogP contribution in [0.4, 0.5) is 5.69 Å². The molecule has 0 spiro atoms. The van der Waals surface area contributed by atoms with E-state index in [1.165, 1.54) is 5.56 Å². The fourth-order valence-electron chi connectivity index (χ4n) is 3.18. The predicted octanol–water partition coefficient (Wildman–Crippen LogP) is 3.87. The van der Waals surface area contributed by atoms with E-state index in [0.717, 1.165) is 30.0 Å². The van der Waals surface area contributed by atoms with Crippen LogP contribution in [0.15, 0.2) is 60.7 Å². The minimum Gasteiger partial charge on any atom is -0.484 e. The fraction of sp³-hybridized carbons (Fsp3) is 0.320. The predicted molar refractivity (Wildman–Crippen MR) is 126 cm³/mol. The first-order chi connectivity index (χ1) is 15.6. The number of benzene rings is 2. The number of rotatable bonds is 11. The number of carbonyl (C=O) groups excluding carboxylic acids is 1. The Morgan fingerprint density at radius 1 is 0.969 bits per heavy atom. The number of amides is 1. The summed E-state index contributed by atoms with van der Waals surface area (Å²) in [6.07, 6.45) is 0. The lowest BCUT2D eigenvalue weighted by Crippen LogP contribution is -2.32. The summed E-state index contributed by atoms with van der Waals surface area (Å²) in [6, 6.07) is 19.5. The van der Waals surface area contributed by atoms with Gasteiger partial charge in [-0.25, -0.2) is 0 Å². The molecular formula is C25H30N4O3. The first-order valence-corrected chi connectivity index (χ1v) is 10.9.